The fraction of sp³-hybridized carbons (Fsp3) is 0.438. The van der Waals surface area contributed by atoms with E-state index < -0.39 is 0 Å². The molecule has 4 heterocycles. The van der Waals surface area contributed by atoms with Gasteiger partial charge in [0.1, 0.15) is 5.01 Å². The lowest BCUT2D eigenvalue weighted by atomic mass is 10.3. The van der Waals surface area contributed by atoms with Crippen LogP contribution in [-0.2, 0) is 0 Å². The fourth-order valence-electron chi connectivity index (χ4n) is 3.02. The van der Waals surface area contributed by atoms with Crippen LogP contribution in [0.25, 0.3) is 9.98 Å². The SMILES string of the molecule is [C-]#[N+]c1c(C)nn(-c2nnc(C)s2)c1N=Nc1c(C)nn(C2NCCCN2)c1N. The predicted octanol–water partition coefficient (Wildman–Crippen LogP) is 2.43. The summed E-state index contributed by atoms with van der Waals surface area (Å²) in [6.07, 6.45) is 0.846. The van der Waals surface area contributed by atoms with E-state index in [-0.39, 0.29) is 12.1 Å². The van der Waals surface area contributed by atoms with Gasteiger partial charge < -0.3 is 5.73 Å². The molecule has 0 radical (unpaired) electrons. The Morgan fingerprint density at radius 2 is 1.90 bits per heavy atom. The van der Waals surface area contributed by atoms with Gasteiger partial charge in [0.25, 0.3) is 5.69 Å². The van der Waals surface area contributed by atoms with E-state index in [2.05, 4.69) is 46.1 Å². The summed E-state index contributed by atoms with van der Waals surface area (Å²) >= 11 is 1.35. The number of aromatic nitrogens is 6. The van der Waals surface area contributed by atoms with Crippen molar-refractivity contribution in [2.45, 2.75) is 33.5 Å². The molecule has 0 saturated carbocycles. The van der Waals surface area contributed by atoms with Crippen LogP contribution in [-0.4, -0.2) is 42.8 Å². The van der Waals surface area contributed by atoms with Gasteiger partial charge in [-0.1, -0.05) is 11.3 Å². The maximum absolute atomic E-state index is 7.49. The molecule has 0 bridgehead atoms. The van der Waals surface area contributed by atoms with Crippen molar-refractivity contribution in [1.29, 1.82) is 0 Å². The van der Waals surface area contributed by atoms with Gasteiger partial charge in [0.2, 0.25) is 5.13 Å². The molecule has 3 aromatic rings. The van der Waals surface area contributed by atoms with E-state index in [0.717, 1.165) is 24.5 Å². The van der Waals surface area contributed by atoms with E-state index in [1.807, 2.05) is 13.8 Å². The number of nitrogens with two attached hydrogens (primary N) is 1. The zero-order valence-electron chi connectivity index (χ0n) is 16.2. The smallest absolute Gasteiger partial charge is 0.255 e. The first-order valence-corrected chi connectivity index (χ1v) is 9.82. The van der Waals surface area contributed by atoms with Crippen molar-refractivity contribution in [2.24, 2.45) is 10.2 Å². The van der Waals surface area contributed by atoms with Crippen molar-refractivity contribution in [3.05, 3.63) is 27.8 Å². The highest BCUT2D eigenvalue weighted by atomic mass is 32.1. The van der Waals surface area contributed by atoms with Gasteiger partial charge in [-0.25, -0.2) is 9.53 Å². The first-order valence-electron chi connectivity index (χ1n) is 9.00. The molecule has 0 atom stereocenters. The third-order valence-corrected chi connectivity index (χ3v) is 5.24. The van der Waals surface area contributed by atoms with Gasteiger partial charge >= 0.3 is 0 Å². The van der Waals surface area contributed by atoms with Crippen LogP contribution >= 0.6 is 11.3 Å². The van der Waals surface area contributed by atoms with Crippen molar-refractivity contribution in [1.82, 2.24) is 40.4 Å². The highest BCUT2D eigenvalue weighted by molar-refractivity contribution is 7.13. The molecule has 4 rings (SSSR count). The Hall–Kier alpha value is -3.21. The first kappa shape index (κ1) is 19.1. The Morgan fingerprint density at radius 1 is 1.14 bits per heavy atom. The number of hydrogen-bond acceptors (Lipinski definition) is 10. The zero-order valence-corrected chi connectivity index (χ0v) is 17.0. The van der Waals surface area contributed by atoms with Gasteiger partial charge in [0.15, 0.2) is 23.6 Å². The van der Waals surface area contributed by atoms with Crippen LogP contribution in [0.5, 0.6) is 0 Å². The van der Waals surface area contributed by atoms with E-state index in [1.54, 1.807) is 11.6 Å². The van der Waals surface area contributed by atoms with Gasteiger partial charge in [-0.05, 0) is 40.3 Å². The number of nitrogen functional groups attached to an aromatic ring is 1. The van der Waals surface area contributed by atoms with Gasteiger partial charge in [0, 0.05) is 0 Å². The Kier molecular flexibility index (Phi) is 5.05. The molecule has 150 valence electrons. The van der Waals surface area contributed by atoms with Crippen LogP contribution in [0.15, 0.2) is 10.2 Å². The molecular formula is C16H20N12S. The number of anilines is 1. The van der Waals surface area contributed by atoms with E-state index in [9.17, 15) is 0 Å². The molecule has 0 amide bonds. The Labute approximate surface area is 170 Å². The summed E-state index contributed by atoms with van der Waals surface area (Å²) in [4.78, 5) is 3.56. The summed E-state index contributed by atoms with van der Waals surface area (Å²) in [5.74, 6) is 0.672. The normalized spacial score (nSPS) is 15.2. The molecule has 0 unspecified atom stereocenters. The summed E-state index contributed by atoms with van der Waals surface area (Å²) in [5, 5.41) is 33.5. The second kappa shape index (κ2) is 7.66. The van der Waals surface area contributed by atoms with E-state index in [0.29, 0.717) is 33.7 Å². The Balaban J connectivity index is 1.73. The van der Waals surface area contributed by atoms with E-state index in [4.69, 9.17) is 12.3 Å². The second-order valence-electron chi connectivity index (χ2n) is 6.51. The predicted molar refractivity (Wildman–Crippen MR) is 108 cm³/mol. The van der Waals surface area contributed by atoms with Crippen LogP contribution in [0.3, 0.4) is 0 Å². The number of nitrogens with one attached hydrogen (secondary N) is 2. The minimum absolute atomic E-state index is 0.192. The summed E-state index contributed by atoms with van der Waals surface area (Å²) < 4.78 is 3.15. The number of nitrogens with zero attached hydrogens (tertiary/aromatic N) is 9. The molecule has 1 aliphatic rings. The molecule has 0 spiro atoms. The lowest BCUT2D eigenvalue weighted by Crippen LogP contribution is -2.45. The van der Waals surface area contributed by atoms with Gasteiger partial charge in [-0.15, -0.1) is 20.4 Å². The Bertz CT molecular complexity index is 1110. The molecule has 0 aromatic carbocycles. The molecule has 13 heteroatoms. The van der Waals surface area contributed by atoms with Gasteiger partial charge in [0.05, 0.1) is 18.0 Å². The lowest BCUT2D eigenvalue weighted by Gasteiger charge is -2.25. The van der Waals surface area contributed by atoms with Crippen LogP contribution in [0, 0.1) is 27.3 Å². The number of hydrogen-bond donors (Lipinski definition) is 3. The molecule has 0 aliphatic carbocycles. The lowest BCUT2D eigenvalue weighted by molar-refractivity contribution is 0.270. The fourth-order valence-corrected chi connectivity index (χ4v) is 3.66. The van der Waals surface area contributed by atoms with Crippen molar-refractivity contribution < 1.29 is 0 Å². The van der Waals surface area contributed by atoms with Crippen LogP contribution in [0.2, 0.25) is 0 Å². The van der Waals surface area contributed by atoms with Crippen molar-refractivity contribution in [3.8, 4) is 5.13 Å². The molecule has 1 fully saturated rings. The monoisotopic (exact) mass is 412 g/mol. The Morgan fingerprint density at radius 3 is 2.55 bits per heavy atom. The largest absolute Gasteiger partial charge is 0.382 e. The minimum atomic E-state index is -0.192. The second-order valence-corrected chi connectivity index (χ2v) is 7.67. The third-order valence-electron chi connectivity index (χ3n) is 4.42. The van der Waals surface area contributed by atoms with Crippen molar-refractivity contribution in [3.63, 3.8) is 0 Å². The summed E-state index contributed by atoms with van der Waals surface area (Å²) in [7, 11) is 0. The topological polar surface area (TPSA) is 141 Å². The average molecular weight is 412 g/mol. The number of aryl methyl sites for hydroxylation is 3. The van der Waals surface area contributed by atoms with Gasteiger partial charge in [-0.3, -0.25) is 10.6 Å². The molecule has 1 saturated heterocycles. The van der Waals surface area contributed by atoms with Gasteiger partial charge in [-0.2, -0.15) is 14.9 Å². The van der Waals surface area contributed by atoms with E-state index >= 15 is 0 Å². The van der Waals surface area contributed by atoms with Crippen molar-refractivity contribution >= 4 is 34.3 Å². The summed E-state index contributed by atoms with van der Waals surface area (Å²) in [6.45, 7) is 14.7. The quantitative estimate of drug-likeness (QED) is 0.441. The maximum Gasteiger partial charge on any atom is 0.255 e. The first-order chi connectivity index (χ1) is 14.0. The zero-order chi connectivity index (χ0) is 20.5. The van der Waals surface area contributed by atoms with Crippen LogP contribution in [0.4, 0.5) is 23.0 Å². The highest BCUT2D eigenvalue weighted by Gasteiger charge is 2.22. The van der Waals surface area contributed by atoms with Crippen LogP contribution < -0.4 is 16.4 Å². The standard InChI is InChI=1S/C16H20N12S/c1-8-11(13(17)27(25-8)15-19-6-5-7-20-15)22-23-14-12(18-4)9(2)26-28(14)16-24-21-10(3)29-16/h15,19-20H,5-7,17H2,1-3H3. The molecular weight excluding hydrogens is 392 g/mol. The summed E-state index contributed by atoms with van der Waals surface area (Å²) in [5.41, 5.74) is 8.23. The van der Waals surface area contributed by atoms with Crippen molar-refractivity contribution in [2.75, 3.05) is 18.8 Å². The van der Waals surface area contributed by atoms with Crippen LogP contribution in [0.1, 0.15) is 29.1 Å². The van der Waals surface area contributed by atoms with E-state index in [1.165, 1.54) is 16.0 Å². The average Bonchev–Trinajstić information content (AvgIpc) is 3.37. The third kappa shape index (κ3) is 3.48. The molecule has 29 heavy (non-hydrogen) atoms. The highest BCUT2D eigenvalue weighted by Crippen LogP contribution is 2.37. The molecule has 1 aliphatic heterocycles. The maximum atomic E-state index is 7.49. The minimum Gasteiger partial charge on any atom is -0.382 e. The summed E-state index contributed by atoms with van der Waals surface area (Å²) in [6, 6.07) is 0. The molecule has 3 aromatic heterocycles. The number of azo groups is 1. The molecule has 12 nitrogen and oxygen atoms in total. The number of rotatable bonds is 4. The molecule has 4 N–H and O–H groups in total.